The summed E-state index contributed by atoms with van der Waals surface area (Å²) < 4.78 is 0. The van der Waals surface area contributed by atoms with Gasteiger partial charge in [0.2, 0.25) is 0 Å². The van der Waals surface area contributed by atoms with Crippen LogP contribution in [-0.2, 0) is 0 Å². The van der Waals surface area contributed by atoms with Gasteiger partial charge in [0.1, 0.15) is 0 Å². The third kappa shape index (κ3) is 3.40. The maximum atomic E-state index is 4.71. The zero-order chi connectivity index (χ0) is 12.8. The van der Waals surface area contributed by atoms with Gasteiger partial charge in [-0.15, -0.1) is 6.58 Å². The highest BCUT2D eigenvalue weighted by molar-refractivity contribution is 5.14. The Labute approximate surface area is 110 Å². The summed E-state index contributed by atoms with van der Waals surface area (Å²) in [5, 5.41) is 3.41. The lowest BCUT2D eigenvalue weighted by molar-refractivity contribution is 0.163. The molecule has 3 heteroatoms. The van der Waals surface area contributed by atoms with Gasteiger partial charge in [0.05, 0.1) is 11.7 Å². The molecule has 18 heavy (non-hydrogen) atoms. The predicted octanol–water partition coefficient (Wildman–Crippen LogP) is 2.30. The van der Waals surface area contributed by atoms with E-state index in [-0.39, 0.29) is 0 Å². The molecule has 0 unspecified atom stereocenters. The van der Waals surface area contributed by atoms with Gasteiger partial charge in [-0.1, -0.05) is 12.1 Å². The minimum Gasteiger partial charge on any atom is -0.314 e. The molecule has 98 valence electrons. The topological polar surface area (TPSA) is 28.2 Å². The summed E-state index contributed by atoms with van der Waals surface area (Å²) in [5.41, 5.74) is 2.31. The van der Waals surface area contributed by atoms with Crippen LogP contribution in [0.15, 0.2) is 30.9 Å². The highest BCUT2D eigenvalue weighted by Gasteiger charge is 2.22. The van der Waals surface area contributed by atoms with Crippen LogP contribution < -0.4 is 5.32 Å². The number of aromatic nitrogens is 1. The van der Waals surface area contributed by atoms with Crippen molar-refractivity contribution in [2.75, 3.05) is 26.2 Å². The molecule has 1 atom stereocenters. The first kappa shape index (κ1) is 13.2. The van der Waals surface area contributed by atoms with E-state index in [0.29, 0.717) is 6.04 Å². The molecule has 1 aromatic rings. The second kappa shape index (κ2) is 6.66. The van der Waals surface area contributed by atoms with E-state index >= 15 is 0 Å². The van der Waals surface area contributed by atoms with E-state index < -0.39 is 0 Å². The summed E-state index contributed by atoms with van der Waals surface area (Å²) in [6.45, 7) is 10.3. The molecule has 0 bridgehead atoms. The number of hydrogen-bond donors (Lipinski definition) is 1. The molecule has 1 aliphatic rings. The van der Waals surface area contributed by atoms with Gasteiger partial charge < -0.3 is 5.32 Å². The lowest BCUT2D eigenvalue weighted by atomic mass is 10.0. The van der Waals surface area contributed by atoms with Crippen molar-refractivity contribution >= 4 is 0 Å². The number of piperazine rings is 1. The zero-order valence-electron chi connectivity index (χ0n) is 11.2. The molecule has 1 saturated heterocycles. The van der Waals surface area contributed by atoms with Crippen molar-refractivity contribution in [3.63, 3.8) is 0 Å². The first-order valence-corrected chi connectivity index (χ1v) is 6.80. The number of aryl methyl sites for hydroxylation is 1. The molecule has 0 saturated carbocycles. The van der Waals surface area contributed by atoms with Gasteiger partial charge in [-0.25, -0.2) is 0 Å². The van der Waals surface area contributed by atoms with E-state index in [9.17, 15) is 0 Å². The number of rotatable bonds is 5. The normalized spacial score (nSPS) is 18.5. The minimum absolute atomic E-state index is 0.435. The lowest BCUT2D eigenvalue weighted by Gasteiger charge is -2.34. The maximum Gasteiger partial charge on any atom is 0.0578 e. The molecular formula is C15H23N3. The Balaban J connectivity index is 2.15. The molecule has 0 aliphatic carbocycles. The summed E-state index contributed by atoms with van der Waals surface area (Å²) >= 11 is 0. The van der Waals surface area contributed by atoms with Crippen LogP contribution in [0.25, 0.3) is 0 Å². The largest absolute Gasteiger partial charge is 0.314 e. The van der Waals surface area contributed by atoms with Crippen LogP contribution in [0.2, 0.25) is 0 Å². The number of nitrogens with one attached hydrogen (secondary N) is 1. The fourth-order valence-electron chi connectivity index (χ4n) is 2.54. The molecule has 3 nitrogen and oxygen atoms in total. The molecule has 0 spiro atoms. The molecule has 0 amide bonds. The SMILES string of the molecule is C=CCC[C@H](c1cccc(C)n1)N1CCNCC1. The second-order valence-electron chi connectivity index (χ2n) is 4.87. The molecule has 1 fully saturated rings. The molecule has 2 rings (SSSR count). The Morgan fingerprint density at radius 1 is 1.44 bits per heavy atom. The van der Waals surface area contributed by atoms with Crippen molar-refractivity contribution in [2.24, 2.45) is 0 Å². The fourth-order valence-corrected chi connectivity index (χ4v) is 2.54. The Morgan fingerprint density at radius 2 is 2.22 bits per heavy atom. The first-order valence-electron chi connectivity index (χ1n) is 6.80. The summed E-state index contributed by atoms with van der Waals surface area (Å²) in [7, 11) is 0. The number of pyridine rings is 1. The fraction of sp³-hybridized carbons (Fsp3) is 0.533. The molecule has 1 N–H and O–H groups in total. The summed E-state index contributed by atoms with van der Waals surface area (Å²) in [6, 6.07) is 6.76. The van der Waals surface area contributed by atoms with Crippen molar-refractivity contribution in [1.82, 2.24) is 15.2 Å². The van der Waals surface area contributed by atoms with Crippen LogP contribution >= 0.6 is 0 Å². The smallest absolute Gasteiger partial charge is 0.0578 e. The molecule has 1 aromatic heterocycles. The van der Waals surface area contributed by atoms with Gasteiger partial charge in [0, 0.05) is 31.9 Å². The van der Waals surface area contributed by atoms with Crippen molar-refractivity contribution in [3.8, 4) is 0 Å². The standard InChI is InChI=1S/C15H23N3/c1-3-4-8-15(18-11-9-16-10-12-18)14-7-5-6-13(2)17-14/h3,5-7,15-16H,1,4,8-12H2,2H3/t15-/m1/s1. The zero-order valence-corrected chi connectivity index (χ0v) is 11.2. The van der Waals surface area contributed by atoms with E-state index in [1.165, 1.54) is 5.69 Å². The van der Waals surface area contributed by atoms with Gasteiger partial charge in [-0.2, -0.15) is 0 Å². The quantitative estimate of drug-likeness (QED) is 0.807. The van der Waals surface area contributed by atoms with Gasteiger partial charge in [0.15, 0.2) is 0 Å². The van der Waals surface area contributed by atoms with Crippen molar-refractivity contribution in [1.29, 1.82) is 0 Å². The maximum absolute atomic E-state index is 4.71. The molecule has 2 heterocycles. The average Bonchev–Trinajstić information content (AvgIpc) is 2.40. The van der Waals surface area contributed by atoms with Crippen LogP contribution in [0.1, 0.15) is 30.3 Å². The van der Waals surface area contributed by atoms with E-state index in [0.717, 1.165) is 44.7 Å². The second-order valence-corrected chi connectivity index (χ2v) is 4.87. The predicted molar refractivity (Wildman–Crippen MR) is 75.6 cm³/mol. The van der Waals surface area contributed by atoms with E-state index in [4.69, 9.17) is 4.98 Å². The summed E-state index contributed by atoms with van der Waals surface area (Å²) in [6.07, 6.45) is 4.16. The Morgan fingerprint density at radius 3 is 2.89 bits per heavy atom. The third-order valence-corrected chi connectivity index (χ3v) is 3.49. The van der Waals surface area contributed by atoms with Gasteiger partial charge in [0.25, 0.3) is 0 Å². The number of nitrogens with zero attached hydrogens (tertiary/aromatic N) is 2. The summed E-state index contributed by atoms with van der Waals surface area (Å²) in [4.78, 5) is 7.25. The van der Waals surface area contributed by atoms with Gasteiger partial charge in [-0.05, 0) is 31.9 Å². The Bertz CT molecular complexity index is 383. The van der Waals surface area contributed by atoms with Crippen LogP contribution in [0.4, 0.5) is 0 Å². The first-order chi connectivity index (χ1) is 8.81. The van der Waals surface area contributed by atoms with Crippen molar-refractivity contribution < 1.29 is 0 Å². The highest BCUT2D eigenvalue weighted by Crippen LogP contribution is 2.24. The van der Waals surface area contributed by atoms with Gasteiger partial charge in [-0.3, -0.25) is 9.88 Å². The lowest BCUT2D eigenvalue weighted by Crippen LogP contribution is -2.45. The Kier molecular flexibility index (Phi) is 4.90. The minimum atomic E-state index is 0.435. The molecular weight excluding hydrogens is 222 g/mol. The monoisotopic (exact) mass is 245 g/mol. The molecule has 0 aromatic carbocycles. The van der Waals surface area contributed by atoms with Crippen LogP contribution in [-0.4, -0.2) is 36.1 Å². The van der Waals surface area contributed by atoms with E-state index in [2.05, 4.69) is 41.9 Å². The average molecular weight is 245 g/mol. The van der Waals surface area contributed by atoms with Crippen molar-refractivity contribution in [2.45, 2.75) is 25.8 Å². The number of allylic oxidation sites excluding steroid dienone is 1. The van der Waals surface area contributed by atoms with Crippen LogP contribution in [0, 0.1) is 6.92 Å². The van der Waals surface area contributed by atoms with E-state index in [1.807, 2.05) is 6.08 Å². The molecule has 0 radical (unpaired) electrons. The number of hydrogen-bond acceptors (Lipinski definition) is 3. The highest BCUT2D eigenvalue weighted by atomic mass is 15.2. The van der Waals surface area contributed by atoms with Crippen LogP contribution in [0.3, 0.4) is 0 Å². The summed E-state index contributed by atoms with van der Waals surface area (Å²) in [5.74, 6) is 0. The molecule has 1 aliphatic heterocycles. The third-order valence-electron chi connectivity index (χ3n) is 3.49. The van der Waals surface area contributed by atoms with Crippen LogP contribution in [0.5, 0.6) is 0 Å². The van der Waals surface area contributed by atoms with Crippen molar-refractivity contribution in [3.05, 3.63) is 42.2 Å². The van der Waals surface area contributed by atoms with E-state index in [1.54, 1.807) is 0 Å². The van der Waals surface area contributed by atoms with Gasteiger partial charge >= 0.3 is 0 Å². The Hall–Kier alpha value is -1.19.